The second-order valence-electron chi connectivity index (χ2n) is 4.84. The highest BCUT2D eigenvalue weighted by atomic mass is 19.4. The molecule has 0 atom stereocenters. The van der Waals surface area contributed by atoms with Crippen molar-refractivity contribution < 1.29 is 13.2 Å². The Bertz CT molecular complexity index is 622. The van der Waals surface area contributed by atoms with E-state index in [2.05, 4.69) is 25.4 Å². The first-order valence-corrected chi connectivity index (χ1v) is 6.84. The molecule has 2 rings (SSSR count). The summed E-state index contributed by atoms with van der Waals surface area (Å²) in [5.74, 6) is 1.82. The molecular weight excluding hydrogens is 297 g/mol. The quantitative estimate of drug-likeness (QED) is 0.886. The van der Waals surface area contributed by atoms with Gasteiger partial charge in [-0.3, -0.25) is 0 Å². The number of halogens is 3. The van der Waals surface area contributed by atoms with Crippen LogP contribution in [-0.2, 0) is 13.0 Å². The smallest absolute Gasteiger partial charge is 0.352 e. The van der Waals surface area contributed by atoms with E-state index in [1.807, 2.05) is 13.8 Å². The first kappa shape index (κ1) is 16.2. The van der Waals surface area contributed by atoms with Crippen molar-refractivity contribution in [2.24, 2.45) is 0 Å². The number of aromatic nitrogens is 5. The molecule has 0 aliphatic rings. The zero-order valence-corrected chi connectivity index (χ0v) is 12.4. The molecular formula is C13H17F3N6. The first-order chi connectivity index (χ1) is 10.3. The summed E-state index contributed by atoms with van der Waals surface area (Å²) in [5.41, 5.74) is 0.364. The number of rotatable bonds is 6. The first-order valence-electron chi connectivity index (χ1n) is 6.84. The summed E-state index contributed by atoms with van der Waals surface area (Å²) >= 11 is 0. The lowest BCUT2D eigenvalue weighted by molar-refractivity contribution is -0.134. The Morgan fingerprint density at radius 3 is 2.64 bits per heavy atom. The van der Waals surface area contributed by atoms with Gasteiger partial charge in [-0.15, -0.1) is 0 Å². The maximum atomic E-state index is 12.2. The number of alkyl halides is 3. The van der Waals surface area contributed by atoms with Gasteiger partial charge in [0.25, 0.3) is 0 Å². The Morgan fingerprint density at radius 2 is 2.00 bits per heavy atom. The number of nitrogens with one attached hydrogen (secondary N) is 1. The van der Waals surface area contributed by atoms with Crippen LogP contribution < -0.4 is 5.32 Å². The Morgan fingerprint density at radius 1 is 1.23 bits per heavy atom. The molecule has 2 aromatic heterocycles. The molecule has 120 valence electrons. The number of hydrogen-bond donors (Lipinski definition) is 1. The number of aryl methyl sites for hydroxylation is 3. The fraction of sp³-hybridized carbons (Fsp3) is 0.538. The minimum absolute atomic E-state index is 0.151. The van der Waals surface area contributed by atoms with Crippen molar-refractivity contribution in [2.45, 2.75) is 39.4 Å². The predicted octanol–water partition coefficient (Wildman–Crippen LogP) is 2.29. The fourth-order valence-corrected chi connectivity index (χ4v) is 1.94. The van der Waals surface area contributed by atoms with Crippen LogP contribution in [0.1, 0.15) is 23.8 Å². The van der Waals surface area contributed by atoms with Crippen LogP contribution in [-0.4, -0.2) is 37.5 Å². The zero-order chi connectivity index (χ0) is 16.2. The molecule has 0 aromatic carbocycles. The molecule has 1 N–H and O–H groups in total. The van der Waals surface area contributed by atoms with Gasteiger partial charge in [-0.1, -0.05) is 0 Å². The molecule has 0 fully saturated rings. The minimum atomic E-state index is -4.18. The van der Waals surface area contributed by atoms with Gasteiger partial charge in [0, 0.05) is 24.9 Å². The molecule has 9 heteroatoms. The van der Waals surface area contributed by atoms with Crippen LogP contribution in [0.3, 0.4) is 0 Å². The highest BCUT2D eigenvalue weighted by Gasteiger charge is 2.26. The minimum Gasteiger partial charge on any atom is -0.352 e. The molecule has 0 aliphatic carbocycles. The van der Waals surface area contributed by atoms with E-state index in [-0.39, 0.29) is 6.42 Å². The van der Waals surface area contributed by atoms with E-state index in [0.29, 0.717) is 30.6 Å². The van der Waals surface area contributed by atoms with Gasteiger partial charge in [0.1, 0.15) is 11.6 Å². The summed E-state index contributed by atoms with van der Waals surface area (Å²) in [6, 6.07) is 1.49. The van der Waals surface area contributed by atoms with Crippen LogP contribution in [0.15, 0.2) is 12.3 Å². The van der Waals surface area contributed by atoms with E-state index in [9.17, 15) is 13.2 Å². The molecule has 6 nitrogen and oxygen atoms in total. The second-order valence-corrected chi connectivity index (χ2v) is 4.84. The van der Waals surface area contributed by atoms with Gasteiger partial charge in [-0.05, 0) is 26.3 Å². The van der Waals surface area contributed by atoms with Crippen LogP contribution in [0.25, 0.3) is 0 Å². The van der Waals surface area contributed by atoms with E-state index >= 15 is 0 Å². The lowest BCUT2D eigenvalue weighted by atomic mass is 10.2. The monoisotopic (exact) mass is 314 g/mol. The van der Waals surface area contributed by atoms with Gasteiger partial charge < -0.3 is 5.32 Å². The molecule has 2 heterocycles. The summed E-state index contributed by atoms with van der Waals surface area (Å²) in [4.78, 5) is 12.2. The summed E-state index contributed by atoms with van der Waals surface area (Å²) < 4.78 is 38.3. The van der Waals surface area contributed by atoms with Crippen LogP contribution in [0, 0.1) is 13.8 Å². The Labute approximate surface area is 125 Å². The van der Waals surface area contributed by atoms with E-state index in [1.165, 1.54) is 12.3 Å². The van der Waals surface area contributed by atoms with Crippen molar-refractivity contribution in [1.29, 1.82) is 0 Å². The summed E-state index contributed by atoms with van der Waals surface area (Å²) in [6.45, 7) is 4.74. The topological polar surface area (TPSA) is 68.5 Å². The lowest BCUT2D eigenvalue weighted by Crippen LogP contribution is -2.15. The number of hydrogen-bond acceptors (Lipinski definition) is 5. The molecule has 0 bridgehead atoms. The van der Waals surface area contributed by atoms with Crippen molar-refractivity contribution >= 4 is 5.95 Å². The Balaban J connectivity index is 1.86. The van der Waals surface area contributed by atoms with Crippen molar-refractivity contribution in [3.05, 3.63) is 29.6 Å². The standard InChI is InChI=1S/C13H17F3N6/c1-9-19-10(2)22(21-9)8-7-18-12-17-6-4-11(20-12)3-5-13(14,15)16/h4,6H,3,5,7-8H2,1-2H3,(H,17,18,20). The summed E-state index contributed by atoms with van der Waals surface area (Å²) in [7, 11) is 0. The van der Waals surface area contributed by atoms with Gasteiger partial charge in [-0.2, -0.15) is 18.3 Å². The largest absolute Gasteiger partial charge is 0.389 e. The second kappa shape index (κ2) is 6.71. The van der Waals surface area contributed by atoms with Gasteiger partial charge in [-0.25, -0.2) is 19.6 Å². The lowest BCUT2D eigenvalue weighted by Gasteiger charge is -2.08. The third-order valence-corrected chi connectivity index (χ3v) is 2.95. The molecule has 22 heavy (non-hydrogen) atoms. The summed E-state index contributed by atoms with van der Waals surface area (Å²) in [5, 5.41) is 7.19. The Hall–Kier alpha value is -2.19. The summed E-state index contributed by atoms with van der Waals surface area (Å²) in [6.07, 6.45) is -3.77. The van der Waals surface area contributed by atoms with Gasteiger partial charge in [0.15, 0.2) is 0 Å². The van der Waals surface area contributed by atoms with Crippen molar-refractivity contribution in [3.63, 3.8) is 0 Å². The molecule has 0 spiro atoms. The normalized spacial score (nSPS) is 11.7. The third-order valence-electron chi connectivity index (χ3n) is 2.95. The van der Waals surface area contributed by atoms with Crippen LogP contribution in [0.2, 0.25) is 0 Å². The van der Waals surface area contributed by atoms with Crippen LogP contribution >= 0.6 is 0 Å². The maximum absolute atomic E-state index is 12.2. The van der Waals surface area contributed by atoms with E-state index in [0.717, 1.165) is 5.82 Å². The molecule has 0 radical (unpaired) electrons. The average Bonchev–Trinajstić information content (AvgIpc) is 2.75. The van der Waals surface area contributed by atoms with E-state index < -0.39 is 12.6 Å². The van der Waals surface area contributed by atoms with Gasteiger partial charge in [0.05, 0.1) is 6.54 Å². The van der Waals surface area contributed by atoms with E-state index in [4.69, 9.17) is 0 Å². The molecule has 0 aliphatic heterocycles. The maximum Gasteiger partial charge on any atom is 0.389 e. The highest BCUT2D eigenvalue weighted by Crippen LogP contribution is 2.21. The SMILES string of the molecule is Cc1nc(C)n(CCNc2nccc(CCC(F)(F)F)n2)n1. The van der Waals surface area contributed by atoms with Crippen LogP contribution in [0.5, 0.6) is 0 Å². The third kappa shape index (κ3) is 4.97. The molecule has 0 amide bonds. The van der Waals surface area contributed by atoms with Gasteiger partial charge >= 0.3 is 6.18 Å². The molecule has 0 saturated heterocycles. The molecule has 0 saturated carbocycles. The van der Waals surface area contributed by atoms with Crippen molar-refractivity contribution in [2.75, 3.05) is 11.9 Å². The Kier molecular flexibility index (Phi) is 4.94. The molecule has 2 aromatic rings. The number of nitrogens with zero attached hydrogens (tertiary/aromatic N) is 5. The van der Waals surface area contributed by atoms with Gasteiger partial charge in [0.2, 0.25) is 5.95 Å². The average molecular weight is 314 g/mol. The highest BCUT2D eigenvalue weighted by molar-refractivity contribution is 5.24. The molecule has 0 unspecified atom stereocenters. The van der Waals surface area contributed by atoms with Crippen molar-refractivity contribution in [3.8, 4) is 0 Å². The van der Waals surface area contributed by atoms with E-state index in [1.54, 1.807) is 4.68 Å². The number of anilines is 1. The fourth-order valence-electron chi connectivity index (χ4n) is 1.94. The van der Waals surface area contributed by atoms with Crippen molar-refractivity contribution in [1.82, 2.24) is 24.7 Å². The zero-order valence-electron chi connectivity index (χ0n) is 12.4. The predicted molar refractivity (Wildman–Crippen MR) is 74.4 cm³/mol. The van der Waals surface area contributed by atoms with Crippen LogP contribution in [0.4, 0.5) is 19.1 Å².